The van der Waals surface area contributed by atoms with Gasteiger partial charge in [-0.15, -0.1) is 5.10 Å². The molecule has 0 fully saturated rings. The minimum absolute atomic E-state index is 0.695. The molecule has 282 valence electrons. The fourth-order valence-electron chi connectivity index (χ4n) is 8.57. The van der Waals surface area contributed by atoms with Crippen LogP contribution >= 0.6 is 0 Å². The summed E-state index contributed by atoms with van der Waals surface area (Å²) < 4.78 is 4.35. The van der Waals surface area contributed by atoms with E-state index in [9.17, 15) is 0 Å². The second-order valence-corrected chi connectivity index (χ2v) is 15.0. The zero-order valence-corrected chi connectivity index (χ0v) is 32.7. The van der Waals surface area contributed by atoms with Crippen molar-refractivity contribution in [3.63, 3.8) is 0 Å². The Morgan fingerprint density at radius 3 is 1.53 bits per heavy atom. The van der Waals surface area contributed by atoms with E-state index < -0.39 is 0 Å². The third-order valence-corrected chi connectivity index (χ3v) is 11.4. The molecule has 4 heteroatoms. The number of hydrogen-bond donors (Lipinski definition) is 0. The molecule has 0 N–H and O–H groups in total. The van der Waals surface area contributed by atoms with Crippen LogP contribution in [-0.4, -0.2) is 19.3 Å². The summed E-state index contributed by atoms with van der Waals surface area (Å²) in [5.41, 5.74) is 15.9. The van der Waals surface area contributed by atoms with Gasteiger partial charge in [-0.1, -0.05) is 188 Å². The first-order valence-electron chi connectivity index (χ1n) is 20.3. The second kappa shape index (κ2) is 15.0. The lowest BCUT2D eigenvalue weighted by Crippen LogP contribution is -1.99. The van der Waals surface area contributed by atoms with E-state index in [2.05, 4.69) is 199 Å². The van der Waals surface area contributed by atoms with Crippen LogP contribution in [0.3, 0.4) is 0 Å². The quantitative estimate of drug-likeness (QED) is 0.154. The zero-order chi connectivity index (χ0) is 39.8. The normalized spacial score (nSPS) is 11.3. The molecule has 0 saturated carbocycles. The summed E-state index contributed by atoms with van der Waals surface area (Å²) in [4.78, 5) is 5.02. The molecule has 0 aliphatic heterocycles. The molecular formula is C56H38N4. The Balaban J connectivity index is 0.984. The summed E-state index contributed by atoms with van der Waals surface area (Å²) >= 11 is 0. The summed E-state index contributed by atoms with van der Waals surface area (Å²) in [6.07, 6.45) is 0. The number of benzene rings is 9. The van der Waals surface area contributed by atoms with E-state index >= 15 is 0 Å². The van der Waals surface area contributed by atoms with Crippen LogP contribution in [0.4, 0.5) is 0 Å². The van der Waals surface area contributed by atoms with Gasteiger partial charge in [0.2, 0.25) is 0 Å². The van der Waals surface area contributed by atoms with E-state index in [-0.39, 0.29) is 0 Å². The van der Waals surface area contributed by atoms with E-state index in [1.807, 2.05) is 41.1 Å². The first-order chi connectivity index (χ1) is 29.8. The first-order valence-corrected chi connectivity index (χ1v) is 20.3. The molecule has 2 aromatic heterocycles. The average molecular weight is 767 g/mol. The van der Waals surface area contributed by atoms with Crippen LogP contribution in [0.25, 0.3) is 100 Å². The van der Waals surface area contributed by atoms with Crippen molar-refractivity contribution >= 4 is 21.8 Å². The van der Waals surface area contributed by atoms with Gasteiger partial charge in [-0.25, -0.2) is 9.67 Å². The van der Waals surface area contributed by atoms with Gasteiger partial charge in [-0.05, 0) is 87.0 Å². The predicted octanol–water partition coefficient (Wildman–Crippen LogP) is 14.4. The molecule has 9 aromatic carbocycles. The van der Waals surface area contributed by atoms with Crippen molar-refractivity contribution in [3.05, 3.63) is 231 Å². The van der Waals surface area contributed by atoms with Crippen molar-refractivity contribution < 1.29 is 0 Å². The van der Waals surface area contributed by atoms with E-state index in [0.29, 0.717) is 5.82 Å². The Morgan fingerprint density at radius 2 is 0.833 bits per heavy atom. The number of para-hydroxylation sites is 1. The number of fused-ring (bicyclic) bond motifs is 3. The summed E-state index contributed by atoms with van der Waals surface area (Å²) in [6.45, 7) is 0. The smallest absolute Gasteiger partial charge is 0.182 e. The molecule has 11 rings (SSSR count). The Labute approximate surface area is 348 Å². The Bertz CT molecular complexity index is 3290. The van der Waals surface area contributed by atoms with Gasteiger partial charge in [0.05, 0.1) is 16.7 Å². The maximum Gasteiger partial charge on any atom is 0.182 e. The van der Waals surface area contributed by atoms with Gasteiger partial charge >= 0.3 is 0 Å². The molecule has 0 aliphatic carbocycles. The van der Waals surface area contributed by atoms with Crippen molar-refractivity contribution in [3.8, 4) is 78.7 Å². The lowest BCUT2D eigenvalue weighted by molar-refractivity contribution is 0.891. The van der Waals surface area contributed by atoms with Crippen LogP contribution in [0.2, 0.25) is 0 Å². The number of aromatic nitrogens is 4. The minimum atomic E-state index is 0.695. The fraction of sp³-hybridized carbons (Fsp3) is 0. The molecule has 60 heavy (non-hydrogen) atoms. The maximum absolute atomic E-state index is 5.02. The molecule has 0 bridgehead atoms. The maximum atomic E-state index is 5.02. The predicted molar refractivity (Wildman–Crippen MR) is 248 cm³/mol. The standard InChI is InChI=1S/C56H38N4/c1-4-17-39(18-5-1)43-23-16-24-46(37-43)59-53-30-15-14-29-51(53)52-38-44(33-36-54(52)59)48-26-11-13-28-50(48)49-27-12-10-25-47(49)40-31-34-45(35-32-40)60-56(42-21-8-3-9-22-42)57-55(58-60)41-19-6-2-7-20-41/h1-38H. The first kappa shape index (κ1) is 35.1. The molecule has 11 aromatic rings. The highest BCUT2D eigenvalue weighted by molar-refractivity contribution is 6.11. The number of nitrogens with zero attached hydrogens (tertiary/aromatic N) is 4. The largest absolute Gasteiger partial charge is 0.309 e. The molecule has 2 heterocycles. The SMILES string of the molecule is c1ccc(-c2cccc(-n3c4ccccc4c4cc(-c5ccccc5-c5ccccc5-c5ccc(-n6nc(-c7ccccc7)nc6-c6ccccc6)cc5)ccc43)c2)cc1. The Hall–Kier alpha value is -8.08. The third kappa shape index (κ3) is 6.28. The average Bonchev–Trinajstić information content (AvgIpc) is 3.93. The van der Waals surface area contributed by atoms with Crippen LogP contribution < -0.4 is 0 Å². The van der Waals surface area contributed by atoms with E-state index in [1.54, 1.807) is 0 Å². The van der Waals surface area contributed by atoms with Crippen LogP contribution in [0, 0.1) is 0 Å². The van der Waals surface area contributed by atoms with Crippen LogP contribution in [0.15, 0.2) is 231 Å². The summed E-state index contributed by atoms with van der Waals surface area (Å²) in [7, 11) is 0. The lowest BCUT2D eigenvalue weighted by atomic mass is 9.89. The molecular weight excluding hydrogens is 729 g/mol. The van der Waals surface area contributed by atoms with Crippen molar-refractivity contribution in [2.75, 3.05) is 0 Å². The molecule has 0 amide bonds. The van der Waals surface area contributed by atoms with Gasteiger partial charge in [0.25, 0.3) is 0 Å². The third-order valence-electron chi connectivity index (χ3n) is 11.4. The van der Waals surface area contributed by atoms with Crippen molar-refractivity contribution in [2.24, 2.45) is 0 Å². The van der Waals surface area contributed by atoms with E-state index in [1.165, 1.54) is 60.8 Å². The van der Waals surface area contributed by atoms with E-state index in [0.717, 1.165) is 33.9 Å². The molecule has 0 unspecified atom stereocenters. The highest BCUT2D eigenvalue weighted by Gasteiger charge is 2.18. The molecule has 0 atom stereocenters. The number of hydrogen-bond acceptors (Lipinski definition) is 2. The van der Waals surface area contributed by atoms with E-state index in [4.69, 9.17) is 10.1 Å². The molecule has 0 aliphatic rings. The summed E-state index contributed by atoms with van der Waals surface area (Å²) in [5.74, 6) is 1.50. The molecule has 4 nitrogen and oxygen atoms in total. The highest BCUT2D eigenvalue weighted by Crippen LogP contribution is 2.41. The monoisotopic (exact) mass is 766 g/mol. The van der Waals surface area contributed by atoms with Gasteiger partial charge in [0.15, 0.2) is 11.6 Å². The summed E-state index contributed by atoms with van der Waals surface area (Å²) in [5, 5.41) is 7.48. The van der Waals surface area contributed by atoms with Gasteiger partial charge in [0, 0.05) is 27.6 Å². The lowest BCUT2D eigenvalue weighted by Gasteiger charge is -2.16. The van der Waals surface area contributed by atoms with Crippen LogP contribution in [0.5, 0.6) is 0 Å². The molecule has 0 saturated heterocycles. The fourth-order valence-corrected chi connectivity index (χ4v) is 8.57. The second-order valence-electron chi connectivity index (χ2n) is 15.0. The molecule has 0 radical (unpaired) electrons. The zero-order valence-electron chi connectivity index (χ0n) is 32.7. The summed E-state index contributed by atoms with van der Waals surface area (Å²) in [6, 6.07) is 81.8. The van der Waals surface area contributed by atoms with Crippen LogP contribution in [0.1, 0.15) is 0 Å². The highest BCUT2D eigenvalue weighted by atomic mass is 15.4. The Morgan fingerprint density at radius 1 is 0.300 bits per heavy atom. The Kier molecular flexibility index (Phi) is 8.79. The van der Waals surface area contributed by atoms with Crippen molar-refractivity contribution in [1.82, 2.24) is 19.3 Å². The van der Waals surface area contributed by atoms with Gasteiger partial charge in [0.1, 0.15) is 0 Å². The number of rotatable bonds is 8. The van der Waals surface area contributed by atoms with Gasteiger partial charge < -0.3 is 4.57 Å². The van der Waals surface area contributed by atoms with Gasteiger partial charge in [-0.2, -0.15) is 0 Å². The van der Waals surface area contributed by atoms with Crippen molar-refractivity contribution in [1.29, 1.82) is 0 Å². The van der Waals surface area contributed by atoms with Crippen molar-refractivity contribution in [2.45, 2.75) is 0 Å². The topological polar surface area (TPSA) is 35.6 Å². The van der Waals surface area contributed by atoms with Gasteiger partial charge in [-0.3, -0.25) is 0 Å². The van der Waals surface area contributed by atoms with Crippen LogP contribution in [-0.2, 0) is 0 Å². The minimum Gasteiger partial charge on any atom is -0.309 e. The molecule has 0 spiro atoms.